The van der Waals surface area contributed by atoms with Gasteiger partial charge >= 0.3 is 0 Å². The molecule has 1 atom stereocenters. The zero-order valence-electron chi connectivity index (χ0n) is 12.2. The molecule has 0 saturated carbocycles. The third kappa shape index (κ3) is 3.56. The standard InChI is InChI=1S/C13H21N3O3S/c1-5-13(2,14)12(17)15-10-6-8-11(9-7-10)20(18,19)16(3)4/h6-9H,5,14H2,1-4H3,(H,15,17). The summed E-state index contributed by atoms with van der Waals surface area (Å²) >= 11 is 0. The van der Waals surface area contributed by atoms with E-state index in [-0.39, 0.29) is 10.8 Å². The van der Waals surface area contributed by atoms with E-state index >= 15 is 0 Å². The zero-order valence-corrected chi connectivity index (χ0v) is 13.0. The van der Waals surface area contributed by atoms with Crippen molar-refractivity contribution >= 4 is 21.6 Å². The van der Waals surface area contributed by atoms with Crippen LogP contribution < -0.4 is 11.1 Å². The molecule has 0 aliphatic rings. The Morgan fingerprint density at radius 1 is 1.30 bits per heavy atom. The summed E-state index contributed by atoms with van der Waals surface area (Å²) in [5, 5.41) is 2.67. The van der Waals surface area contributed by atoms with Crippen LogP contribution in [-0.2, 0) is 14.8 Å². The largest absolute Gasteiger partial charge is 0.325 e. The second-order valence-corrected chi connectivity index (χ2v) is 7.19. The van der Waals surface area contributed by atoms with Gasteiger partial charge < -0.3 is 11.1 Å². The molecule has 7 heteroatoms. The van der Waals surface area contributed by atoms with Crippen molar-refractivity contribution in [2.45, 2.75) is 30.7 Å². The van der Waals surface area contributed by atoms with Crippen molar-refractivity contribution in [3.63, 3.8) is 0 Å². The number of nitrogens with two attached hydrogens (primary N) is 1. The van der Waals surface area contributed by atoms with Crippen LogP contribution in [0.5, 0.6) is 0 Å². The van der Waals surface area contributed by atoms with Crippen molar-refractivity contribution in [2.24, 2.45) is 5.73 Å². The van der Waals surface area contributed by atoms with E-state index in [0.29, 0.717) is 12.1 Å². The van der Waals surface area contributed by atoms with E-state index in [1.807, 2.05) is 6.92 Å². The fourth-order valence-corrected chi connectivity index (χ4v) is 2.26. The normalized spacial score (nSPS) is 14.9. The summed E-state index contributed by atoms with van der Waals surface area (Å²) in [6.45, 7) is 3.47. The maximum absolute atomic E-state index is 11.9. The van der Waals surface area contributed by atoms with E-state index in [2.05, 4.69) is 5.32 Å². The van der Waals surface area contributed by atoms with Gasteiger partial charge in [0.1, 0.15) is 0 Å². The molecule has 6 nitrogen and oxygen atoms in total. The molecule has 20 heavy (non-hydrogen) atoms. The van der Waals surface area contributed by atoms with Crippen LogP contribution in [0.25, 0.3) is 0 Å². The van der Waals surface area contributed by atoms with Crippen LogP contribution in [-0.4, -0.2) is 38.3 Å². The maximum atomic E-state index is 11.9. The molecule has 3 N–H and O–H groups in total. The number of hydrogen-bond acceptors (Lipinski definition) is 4. The van der Waals surface area contributed by atoms with Gasteiger partial charge in [-0.3, -0.25) is 4.79 Å². The Labute approximate surface area is 120 Å². The molecule has 0 bridgehead atoms. The van der Waals surface area contributed by atoms with Gasteiger partial charge in [0.15, 0.2) is 0 Å². The number of anilines is 1. The summed E-state index contributed by atoms with van der Waals surface area (Å²) in [6, 6.07) is 5.98. The first-order chi connectivity index (χ1) is 9.11. The summed E-state index contributed by atoms with van der Waals surface area (Å²) < 4.78 is 24.9. The van der Waals surface area contributed by atoms with Crippen LogP contribution >= 0.6 is 0 Å². The molecular formula is C13H21N3O3S. The van der Waals surface area contributed by atoms with Gasteiger partial charge in [-0.25, -0.2) is 12.7 Å². The zero-order chi connectivity index (χ0) is 15.6. The number of benzene rings is 1. The van der Waals surface area contributed by atoms with Gasteiger partial charge in [-0.1, -0.05) is 6.92 Å². The van der Waals surface area contributed by atoms with Crippen molar-refractivity contribution in [3.8, 4) is 0 Å². The minimum atomic E-state index is -3.46. The predicted molar refractivity (Wildman–Crippen MR) is 78.8 cm³/mol. The van der Waals surface area contributed by atoms with E-state index in [1.165, 1.54) is 26.2 Å². The lowest BCUT2D eigenvalue weighted by atomic mass is 9.99. The molecule has 1 aromatic carbocycles. The van der Waals surface area contributed by atoms with E-state index in [4.69, 9.17) is 5.73 Å². The smallest absolute Gasteiger partial charge is 0.244 e. The number of nitrogens with zero attached hydrogens (tertiary/aromatic N) is 1. The second-order valence-electron chi connectivity index (χ2n) is 5.04. The highest BCUT2D eigenvalue weighted by atomic mass is 32.2. The van der Waals surface area contributed by atoms with Crippen LogP contribution in [0.15, 0.2) is 29.2 Å². The molecule has 0 aliphatic heterocycles. The Balaban J connectivity index is 2.91. The Morgan fingerprint density at radius 3 is 2.20 bits per heavy atom. The Hall–Kier alpha value is -1.44. The van der Waals surface area contributed by atoms with Gasteiger partial charge in [-0.05, 0) is 37.6 Å². The first-order valence-corrected chi connectivity index (χ1v) is 7.68. The lowest BCUT2D eigenvalue weighted by Gasteiger charge is -2.21. The number of rotatable bonds is 5. The molecule has 0 spiro atoms. The van der Waals surface area contributed by atoms with E-state index in [9.17, 15) is 13.2 Å². The predicted octanol–water partition coefficient (Wildman–Crippen LogP) is 1.00. The highest BCUT2D eigenvalue weighted by Gasteiger charge is 2.26. The van der Waals surface area contributed by atoms with Gasteiger partial charge in [-0.15, -0.1) is 0 Å². The molecule has 112 valence electrons. The third-order valence-corrected chi connectivity index (χ3v) is 4.97. The number of nitrogens with one attached hydrogen (secondary N) is 1. The molecule has 1 unspecified atom stereocenters. The van der Waals surface area contributed by atoms with E-state index in [1.54, 1.807) is 19.1 Å². The van der Waals surface area contributed by atoms with Crippen LogP contribution in [0.1, 0.15) is 20.3 Å². The highest BCUT2D eigenvalue weighted by molar-refractivity contribution is 7.89. The first-order valence-electron chi connectivity index (χ1n) is 6.24. The van der Waals surface area contributed by atoms with Crippen molar-refractivity contribution in [3.05, 3.63) is 24.3 Å². The molecular weight excluding hydrogens is 278 g/mol. The van der Waals surface area contributed by atoms with E-state index in [0.717, 1.165) is 4.31 Å². The van der Waals surface area contributed by atoms with Gasteiger partial charge in [0.25, 0.3) is 0 Å². The van der Waals surface area contributed by atoms with Gasteiger partial charge in [0.2, 0.25) is 15.9 Å². The molecule has 1 amide bonds. The summed E-state index contributed by atoms with van der Waals surface area (Å²) in [4.78, 5) is 12.1. The third-order valence-electron chi connectivity index (χ3n) is 3.14. The highest BCUT2D eigenvalue weighted by Crippen LogP contribution is 2.17. The second kappa shape index (κ2) is 5.90. The fourth-order valence-electron chi connectivity index (χ4n) is 1.36. The summed E-state index contributed by atoms with van der Waals surface area (Å²) in [5.74, 6) is -0.303. The molecule has 1 rings (SSSR count). The minimum absolute atomic E-state index is 0.173. The lowest BCUT2D eigenvalue weighted by molar-refractivity contribution is -0.120. The SMILES string of the molecule is CCC(C)(N)C(=O)Nc1ccc(S(=O)(=O)N(C)C)cc1. The molecule has 0 fully saturated rings. The van der Waals surface area contributed by atoms with Crippen molar-refractivity contribution in [1.82, 2.24) is 4.31 Å². The molecule has 0 aliphatic carbocycles. The Morgan fingerprint density at radius 2 is 1.80 bits per heavy atom. The summed E-state index contributed by atoms with van der Waals surface area (Å²) in [7, 11) is -0.530. The number of carbonyl (C=O) groups is 1. The molecule has 0 saturated heterocycles. The van der Waals surface area contributed by atoms with Crippen LogP contribution in [0.3, 0.4) is 0 Å². The lowest BCUT2D eigenvalue weighted by Crippen LogP contribution is -2.47. The summed E-state index contributed by atoms with van der Waals surface area (Å²) in [6.07, 6.45) is 0.506. The number of sulfonamides is 1. The first kappa shape index (κ1) is 16.6. The van der Waals surface area contributed by atoms with Gasteiger partial charge in [0.05, 0.1) is 10.4 Å². The van der Waals surface area contributed by atoms with Gasteiger partial charge in [-0.2, -0.15) is 0 Å². The minimum Gasteiger partial charge on any atom is -0.325 e. The Kier molecular flexibility index (Phi) is 4.90. The average Bonchev–Trinajstić information content (AvgIpc) is 2.39. The molecule has 0 radical (unpaired) electrons. The maximum Gasteiger partial charge on any atom is 0.244 e. The van der Waals surface area contributed by atoms with E-state index < -0.39 is 15.6 Å². The molecule has 0 heterocycles. The number of hydrogen-bond donors (Lipinski definition) is 2. The quantitative estimate of drug-likeness (QED) is 0.848. The average molecular weight is 299 g/mol. The van der Waals surface area contributed by atoms with Crippen LogP contribution in [0.2, 0.25) is 0 Å². The molecule has 0 aromatic heterocycles. The molecule has 1 aromatic rings. The van der Waals surface area contributed by atoms with Crippen LogP contribution in [0.4, 0.5) is 5.69 Å². The van der Waals surface area contributed by atoms with Gasteiger partial charge in [0, 0.05) is 19.8 Å². The van der Waals surface area contributed by atoms with Crippen LogP contribution in [0, 0.1) is 0 Å². The van der Waals surface area contributed by atoms with Crippen molar-refractivity contribution in [1.29, 1.82) is 0 Å². The number of amides is 1. The number of carbonyl (C=O) groups excluding carboxylic acids is 1. The fraction of sp³-hybridized carbons (Fsp3) is 0.462. The summed E-state index contributed by atoms with van der Waals surface area (Å²) in [5.41, 5.74) is 5.39. The monoisotopic (exact) mass is 299 g/mol. The van der Waals surface area contributed by atoms with Crippen molar-refractivity contribution < 1.29 is 13.2 Å². The topological polar surface area (TPSA) is 92.5 Å². The Bertz CT molecular complexity index is 577. The van der Waals surface area contributed by atoms with Crippen molar-refractivity contribution in [2.75, 3.05) is 19.4 Å².